The summed E-state index contributed by atoms with van der Waals surface area (Å²) in [5.41, 5.74) is 3.71. The van der Waals surface area contributed by atoms with Crippen LogP contribution < -0.4 is 5.32 Å². The van der Waals surface area contributed by atoms with Crippen molar-refractivity contribution < 1.29 is 9.90 Å². The Balaban J connectivity index is 2.10. The molecule has 1 aromatic rings. The zero-order chi connectivity index (χ0) is 10.7. The largest absolute Gasteiger partial charge is 0.480 e. The minimum atomic E-state index is -0.826. The molecule has 1 aromatic carbocycles. The van der Waals surface area contributed by atoms with Crippen LogP contribution in [0.2, 0.25) is 0 Å². The van der Waals surface area contributed by atoms with Gasteiger partial charge >= 0.3 is 5.97 Å². The van der Waals surface area contributed by atoms with Gasteiger partial charge in [-0.2, -0.15) is 0 Å². The van der Waals surface area contributed by atoms with Gasteiger partial charge < -0.3 is 10.4 Å². The topological polar surface area (TPSA) is 49.3 Å². The monoisotopic (exact) mass is 205 g/mol. The lowest BCUT2D eigenvalue weighted by molar-refractivity contribution is -0.134. The van der Waals surface area contributed by atoms with Crippen LogP contribution in [-0.2, 0) is 17.6 Å². The molecule has 0 saturated carbocycles. The number of carbonyl (C=O) groups is 1. The van der Waals surface area contributed by atoms with Gasteiger partial charge in [0.1, 0.15) is 6.54 Å². The number of anilines is 1. The maximum absolute atomic E-state index is 10.4. The van der Waals surface area contributed by atoms with E-state index in [1.165, 1.54) is 24.0 Å². The number of hydrogen-bond acceptors (Lipinski definition) is 2. The van der Waals surface area contributed by atoms with Gasteiger partial charge in [-0.1, -0.05) is 6.07 Å². The molecule has 2 N–H and O–H groups in total. The fourth-order valence-electron chi connectivity index (χ4n) is 2.02. The first-order chi connectivity index (χ1) is 7.25. The van der Waals surface area contributed by atoms with Gasteiger partial charge in [0.05, 0.1) is 0 Å². The lowest BCUT2D eigenvalue weighted by Crippen LogP contribution is -2.13. The summed E-state index contributed by atoms with van der Waals surface area (Å²) in [6.45, 7) is -0.0151. The molecule has 80 valence electrons. The molecule has 0 bridgehead atoms. The van der Waals surface area contributed by atoms with Gasteiger partial charge in [0.25, 0.3) is 0 Å². The Hall–Kier alpha value is -1.51. The standard InChI is InChI=1S/C12H15NO2/c14-12(15)8-13-11-6-5-9-3-1-2-4-10(9)7-11/h5-7,13H,1-4,8H2,(H,14,15). The zero-order valence-corrected chi connectivity index (χ0v) is 8.62. The van der Waals surface area contributed by atoms with Gasteiger partial charge in [0.2, 0.25) is 0 Å². The maximum atomic E-state index is 10.4. The highest BCUT2D eigenvalue weighted by atomic mass is 16.4. The number of rotatable bonds is 3. The minimum Gasteiger partial charge on any atom is -0.480 e. The highest BCUT2D eigenvalue weighted by Crippen LogP contribution is 2.23. The Morgan fingerprint density at radius 1 is 1.27 bits per heavy atom. The second kappa shape index (κ2) is 4.34. The summed E-state index contributed by atoms with van der Waals surface area (Å²) in [4.78, 5) is 10.4. The Morgan fingerprint density at radius 2 is 2.00 bits per heavy atom. The first kappa shape index (κ1) is 10.0. The van der Waals surface area contributed by atoms with E-state index in [4.69, 9.17) is 5.11 Å². The molecule has 3 nitrogen and oxygen atoms in total. The molecule has 0 aliphatic heterocycles. The highest BCUT2D eigenvalue weighted by Gasteiger charge is 2.09. The van der Waals surface area contributed by atoms with E-state index in [-0.39, 0.29) is 6.54 Å². The second-order valence-corrected chi connectivity index (χ2v) is 3.94. The number of nitrogens with one attached hydrogen (secondary N) is 1. The summed E-state index contributed by atoms with van der Waals surface area (Å²) in [6.07, 6.45) is 4.80. The van der Waals surface area contributed by atoms with Crippen molar-refractivity contribution in [3.05, 3.63) is 29.3 Å². The summed E-state index contributed by atoms with van der Waals surface area (Å²) < 4.78 is 0. The minimum absolute atomic E-state index is 0.0151. The molecular weight excluding hydrogens is 190 g/mol. The third kappa shape index (κ3) is 2.49. The van der Waals surface area contributed by atoms with E-state index in [1.807, 2.05) is 6.07 Å². The summed E-state index contributed by atoms with van der Waals surface area (Å²) >= 11 is 0. The van der Waals surface area contributed by atoms with Crippen LogP contribution in [0.25, 0.3) is 0 Å². The van der Waals surface area contributed by atoms with Crippen molar-refractivity contribution in [3.8, 4) is 0 Å². The van der Waals surface area contributed by atoms with Crippen molar-refractivity contribution in [3.63, 3.8) is 0 Å². The van der Waals surface area contributed by atoms with Crippen LogP contribution in [0.1, 0.15) is 24.0 Å². The van der Waals surface area contributed by atoms with Crippen molar-refractivity contribution >= 4 is 11.7 Å². The van der Waals surface area contributed by atoms with Gasteiger partial charge in [0, 0.05) is 5.69 Å². The van der Waals surface area contributed by atoms with Crippen molar-refractivity contribution in [2.24, 2.45) is 0 Å². The zero-order valence-electron chi connectivity index (χ0n) is 8.62. The maximum Gasteiger partial charge on any atom is 0.322 e. The predicted molar refractivity (Wildman–Crippen MR) is 59.2 cm³/mol. The van der Waals surface area contributed by atoms with Crippen molar-refractivity contribution in [1.82, 2.24) is 0 Å². The van der Waals surface area contributed by atoms with Crippen molar-refractivity contribution in [2.75, 3.05) is 11.9 Å². The van der Waals surface area contributed by atoms with E-state index < -0.39 is 5.97 Å². The summed E-state index contributed by atoms with van der Waals surface area (Å²) in [6, 6.07) is 6.16. The molecule has 0 atom stereocenters. The molecule has 1 aliphatic rings. The molecule has 0 aromatic heterocycles. The molecular formula is C12H15NO2. The van der Waals surface area contributed by atoms with Crippen LogP contribution in [0.5, 0.6) is 0 Å². The average molecular weight is 205 g/mol. The van der Waals surface area contributed by atoms with Gasteiger partial charge in [-0.05, 0) is 48.9 Å². The van der Waals surface area contributed by atoms with Crippen molar-refractivity contribution in [1.29, 1.82) is 0 Å². The van der Waals surface area contributed by atoms with Gasteiger partial charge in [-0.25, -0.2) is 0 Å². The smallest absolute Gasteiger partial charge is 0.322 e. The number of aliphatic carboxylic acids is 1. The third-order valence-electron chi connectivity index (χ3n) is 2.79. The SMILES string of the molecule is O=C(O)CNc1ccc2c(c1)CCCC2. The molecule has 1 aliphatic carbocycles. The normalized spacial score (nSPS) is 14.4. The lowest BCUT2D eigenvalue weighted by Gasteiger charge is -2.16. The van der Waals surface area contributed by atoms with Crippen LogP contribution in [0.4, 0.5) is 5.69 Å². The molecule has 3 heteroatoms. The summed E-state index contributed by atoms with van der Waals surface area (Å²) in [7, 11) is 0. The van der Waals surface area contributed by atoms with Crippen LogP contribution in [-0.4, -0.2) is 17.6 Å². The molecule has 0 radical (unpaired) electrons. The number of aryl methyl sites for hydroxylation is 2. The number of carboxylic acid groups (broad SMARTS) is 1. The van der Waals surface area contributed by atoms with Crippen LogP contribution in [0, 0.1) is 0 Å². The molecule has 0 saturated heterocycles. The fourth-order valence-corrected chi connectivity index (χ4v) is 2.02. The van der Waals surface area contributed by atoms with E-state index in [1.54, 1.807) is 0 Å². The molecule has 0 heterocycles. The number of carboxylic acids is 1. The van der Waals surface area contributed by atoms with Crippen LogP contribution in [0.15, 0.2) is 18.2 Å². The van der Waals surface area contributed by atoms with Crippen LogP contribution in [0.3, 0.4) is 0 Å². The average Bonchev–Trinajstić information content (AvgIpc) is 2.26. The van der Waals surface area contributed by atoms with E-state index >= 15 is 0 Å². The van der Waals surface area contributed by atoms with E-state index in [0.717, 1.165) is 18.5 Å². The van der Waals surface area contributed by atoms with E-state index in [0.29, 0.717) is 0 Å². The highest BCUT2D eigenvalue weighted by molar-refractivity contribution is 5.72. The first-order valence-electron chi connectivity index (χ1n) is 5.33. The number of fused-ring (bicyclic) bond motifs is 1. The third-order valence-corrected chi connectivity index (χ3v) is 2.79. The Bertz CT molecular complexity index is 374. The van der Waals surface area contributed by atoms with E-state index in [9.17, 15) is 4.79 Å². The van der Waals surface area contributed by atoms with Crippen molar-refractivity contribution in [2.45, 2.75) is 25.7 Å². The Kier molecular flexibility index (Phi) is 2.90. The van der Waals surface area contributed by atoms with E-state index in [2.05, 4.69) is 17.4 Å². The molecule has 0 fully saturated rings. The van der Waals surface area contributed by atoms with Gasteiger partial charge in [-0.3, -0.25) is 4.79 Å². The summed E-state index contributed by atoms with van der Waals surface area (Å²) in [5, 5.41) is 11.4. The van der Waals surface area contributed by atoms with Gasteiger partial charge in [-0.15, -0.1) is 0 Å². The summed E-state index contributed by atoms with van der Waals surface area (Å²) in [5.74, 6) is -0.826. The molecule has 0 unspecified atom stereocenters. The molecule has 0 amide bonds. The van der Waals surface area contributed by atoms with Gasteiger partial charge in [0.15, 0.2) is 0 Å². The molecule has 15 heavy (non-hydrogen) atoms. The lowest BCUT2D eigenvalue weighted by atomic mass is 9.91. The van der Waals surface area contributed by atoms with Crippen LogP contribution >= 0.6 is 0 Å². The predicted octanol–water partition coefficient (Wildman–Crippen LogP) is 2.06. The number of benzene rings is 1. The molecule has 2 rings (SSSR count). The second-order valence-electron chi connectivity index (χ2n) is 3.94. The molecule has 0 spiro atoms. The Morgan fingerprint density at radius 3 is 2.73 bits per heavy atom. The fraction of sp³-hybridized carbons (Fsp3) is 0.417. The number of hydrogen-bond donors (Lipinski definition) is 2. The Labute approximate surface area is 89.1 Å². The quantitative estimate of drug-likeness (QED) is 0.794. The first-order valence-corrected chi connectivity index (χ1v) is 5.33.